The maximum Gasteiger partial charge on any atom is 0.339 e. The molecule has 0 atom stereocenters. The van der Waals surface area contributed by atoms with Crippen LogP contribution >= 0.6 is 0 Å². The van der Waals surface area contributed by atoms with Crippen molar-refractivity contribution in [1.29, 1.82) is 0 Å². The Morgan fingerprint density at radius 3 is 2.85 bits per heavy atom. The molecule has 3 rings (SSSR count). The molecule has 26 heavy (non-hydrogen) atoms. The number of esters is 1. The third-order valence-electron chi connectivity index (χ3n) is 3.92. The lowest BCUT2D eigenvalue weighted by Crippen LogP contribution is -2.25. The fourth-order valence-corrected chi connectivity index (χ4v) is 2.64. The summed E-state index contributed by atoms with van der Waals surface area (Å²) in [6, 6.07) is 12.1. The summed E-state index contributed by atoms with van der Waals surface area (Å²) in [6.07, 6.45) is 0.707. The normalized spacial score (nSPS) is 12.4. The summed E-state index contributed by atoms with van der Waals surface area (Å²) in [6.45, 7) is 0.00829. The van der Waals surface area contributed by atoms with Crippen molar-refractivity contribution in [3.63, 3.8) is 0 Å². The molecule has 0 aliphatic carbocycles. The quantitative estimate of drug-likeness (QED) is 0.804. The van der Waals surface area contributed by atoms with Gasteiger partial charge in [-0.05, 0) is 36.2 Å². The minimum Gasteiger partial charge on any atom is -0.482 e. The number of rotatable bonds is 5. The number of carbonyl (C=O) groups excluding carboxylic acids is 3. The molecule has 0 saturated carbocycles. The summed E-state index contributed by atoms with van der Waals surface area (Å²) in [4.78, 5) is 35.4. The van der Waals surface area contributed by atoms with Crippen molar-refractivity contribution in [1.82, 2.24) is 0 Å². The number of hydrogen-bond acceptors (Lipinski definition) is 5. The number of aryl methyl sites for hydroxylation is 1. The minimum atomic E-state index is -0.508. The Balaban J connectivity index is 1.62. The summed E-state index contributed by atoms with van der Waals surface area (Å²) < 4.78 is 10.0. The zero-order valence-electron chi connectivity index (χ0n) is 14.2. The predicted molar refractivity (Wildman–Crippen MR) is 95.3 cm³/mol. The van der Waals surface area contributed by atoms with Gasteiger partial charge in [-0.25, -0.2) is 4.79 Å². The van der Waals surface area contributed by atoms with Crippen molar-refractivity contribution in [2.24, 2.45) is 0 Å². The second-order valence-corrected chi connectivity index (χ2v) is 5.75. The molecule has 0 spiro atoms. The highest BCUT2D eigenvalue weighted by Gasteiger charge is 2.17. The molecule has 2 aromatic rings. The molecule has 0 aromatic heterocycles. The Kier molecular flexibility index (Phi) is 5.17. The van der Waals surface area contributed by atoms with Gasteiger partial charge in [0.05, 0.1) is 24.0 Å². The van der Waals surface area contributed by atoms with E-state index in [4.69, 9.17) is 9.47 Å². The van der Waals surface area contributed by atoms with Crippen molar-refractivity contribution in [3.05, 3.63) is 53.6 Å². The average molecular weight is 354 g/mol. The highest BCUT2D eigenvalue weighted by molar-refractivity contribution is 6.01. The van der Waals surface area contributed by atoms with Crippen molar-refractivity contribution >= 4 is 29.2 Å². The van der Waals surface area contributed by atoms with Crippen molar-refractivity contribution in [2.45, 2.75) is 12.8 Å². The third kappa shape index (κ3) is 4.00. The molecule has 134 valence electrons. The van der Waals surface area contributed by atoms with E-state index in [1.165, 1.54) is 7.11 Å². The first-order chi connectivity index (χ1) is 12.6. The van der Waals surface area contributed by atoms with E-state index in [1.54, 1.807) is 36.4 Å². The molecule has 0 saturated heterocycles. The second-order valence-electron chi connectivity index (χ2n) is 5.75. The highest BCUT2D eigenvalue weighted by Crippen LogP contribution is 2.28. The number of hydrogen-bond donors (Lipinski definition) is 2. The first kappa shape index (κ1) is 17.5. The van der Waals surface area contributed by atoms with E-state index in [0.29, 0.717) is 29.1 Å². The van der Waals surface area contributed by atoms with Crippen LogP contribution in [0.25, 0.3) is 0 Å². The van der Waals surface area contributed by atoms with E-state index in [-0.39, 0.29) is 24.8 Å². The molecule has 2 aromatic carbocycles. The van der Waals surface area contributed by atoms with Crippen LogP contribution in [0.3, 0.4) is 0 Å². The van der Waals surface area contributed by atoms with E-state index < -0.39 is 5.97 Å². The van der Waals surface area contributed by atoms with Crippen molar-refractivity contribution < 1.29 is 23.9 Å². The van der Waals surface area contributed by atoms with Gasteiger partial charge in [0.2, 0.25) is 5.91 Å². The van der Waals surface area contributed by atoms with Gasteiger partial charge in [-0.15, -0.1) is 0 Å². The number of carbonyl (C=O) groups is 3. The molecule has 1 aliphatic rings. The Hall–Kier alpha value is -3.35. The Morgan fingerprint density at radius 1 is 1.23 bits per heavy atom. The molecule has 2 amide bonds. The molecule has 0 unspecified atom stereocenters. The first-order valence-electron chi connectivity index (χ1n) is 8.09. The van der Waals surface area contributed by atoms with E-state index in [2.05, 4.69) is 10.6 Å². The second kappa shape index (κ2) is 7.69. The number of fused-ring (bicyclic) bond motifs is 1. The van der Waals surface area contributed by atoms with Crippen LogP contribution < -0.4 is 15.4 Å². The molecule has 0 bridgehead atoms. The van der Waals surface area contributed by atoms with Crippen LogP contribution in [0.15, 0.2) is 42.5 Å². The van der Waals surface area contributed by atoms with Crippen LogP contribution in [-0.2, 0) is 20.7 Å². The zero-order valence-corrected chi connectivity index (χ0v) is 14.2. The lowest BCUT2D eigenvalue weighted by Gasteiger charge is -2.18. The fraction of sp³-hybridized carbons (Fsp3) is 0.211. The topological polar surface area (TPSA) is 93.7 Å². The van der Waals surface area contributed by atoms with Gasteiger partial charge >= 0.3 is 5.97 Å². The molecule has 2 N–H and O–H groups in total. The number of benzene rings is 2. The van der Waals surface area contributed by atoms with E-state index in [1.807, 2.05) is 6.07 Å². The monoisotopic (exact) mass is 354 g/mol. The zero-order chi connectivity index (χ0) is 18.5. The Morgan fingerprint density at radius 2 is 2.04 bits per heavy atom. The van der Waals surface area contributed by atoms with Gasteiger partial charge in [-0.1, -0.05) is 18.2 Å². The average Bonchev–Trinajstić information content (AvgIpc) is 2.65. The summed E-state index contributed by atoms with van der Waals surface area (Å²) >= 11 is 0. The molecule has 0 fully saturated rings. The fourth-order valence-electron chi connectivity index (χ4n) is 2.64. The van der Waals surface area contributed by atoms with Gasteiger partial charge in [-0.2, -0.15) is 0 Å². The van der Waals surface area contributed by atoms with Gasteiger partial charge in [0.25, 0.3) is 5.91 Å². The van der Waals surface area contributed by atoms with Crippen LogP contribution in [0.4, 0.5) is 11.4 Å². The lowest BCUT2D eigenvalue weighted by molar-refractivity contribution is -0.118. The number of nitrogens with one attached hydrogen (secondary N) is 2. The maximum absolute atomic E-state index is 12.2. The number of methoxy groups -OCH3 is 1. The van der Waals surface area contributed by atoms with Crippen LogP contribution in [0.2, 0.25) is 0 Å². The molecular weight excluding hydrogens is 336 g/mol. The molecule has 7 heteroatoms. The number of anilines is 2. The molecule has 1 heterocycles. The third-order valence-corrected chi connectivity index (χ3v) is 3.92. The van der Waals surface area contributed by atoms with Crippen LogP contribution in [-0.4, -0.2) is 31.5 Å². The molecule has 1 aliphatic heterocycles. The van der Waals surface area contributed by atoms with Crippen LogP contribution in [0.5, 0.6) is 5.75 Å². The van der Waals surface area contributed by atoms with Crippen LogP contribution in [0, 0.1) is 0 Å². The smallest absolute Gasteiger partial charge is 0.339 e. The predicted octanol–water partition coefficient (Wildman–Crippen LogP) is 2.38. The standard InChI is InChI=1S/C19H18N2O5/c1-25-19(24)13-4-2-3-5-14(13)20-17(22)9-7-12-6-8-16-15(10-12)21-18(23)11-26-16/h2-6,8,10H,7,9,11H2,1H3,(H,20,22)(H,21,23). The summed E-state index contributed by atoms with van der Waals surface area (Å²) in [5.41, 5.74) is 2.22. The maximum atomic E-state index is 12.2. The van der Waals surface area contributed by atoms with Crippen LogP contribution in [0.1, 0.15) is 22.3 Å². The van der Waals surface area contributed by atoms with Crippen molar-refractivity contribution in [3.8, 4) is 5.75 Å². The summed E-state index contributed by atoms with van der Waals surface area (Å²) in [5, 5.41) is 5.47. The van der Waals surface area contributed by atoms with E-state index >= 15 is 0 Å². The molecular formula is C19H18N2O5. The van der Waals surface area contributed by atoms with E-state index in [9.17, 15) is 14.4 Å². The summed E-state index contributed by atoms with van der Waals surface area (Å²) in [5.74, 6) is -0.317. The SMILES string of the molecule is COC(=O)c1ccccc1NC(=O)CCc1ccc2c(c1)NC(=O)CO2. The van der Waals surface area contributed by atoms with Gasteiger partial charge in [0.1, 0.15) is 5.75 Å². The lowest BCUT2D eigenvalue weighted by atomic mass is 10.1. The minimum absolute atomic E-state index is 0.00829. The molecule has 7 nitrogen and oxygen atoms in total. The highest BCUT2D eigenvalue weighted by atomic mass is 16.5. The Bertz CT molecular complexity index is 863. The van der Waals surface area contributed by atoms with Gasteiger partial charge < -0.3 is 20.1 Å². The van der Waals surface area contributed by atoms with Gasteiger partial charge in [-0.3, -0.25) is 9.59 Å². The molecule has 0 radical (unpaired) electrons. The Labute approximate surface area is 150 Å². The van der Waals surface area contributed by atoms with Crippen molar-refractivity contribution in [2.75, 3.05) is 24.4 Å². The first-order valence-corrected chi connectivity index (χ1v) is 8.09. The van der Waals surface area contributed by atoms with Gasteiger partial charge in [0, 0.05) is 6.42 Å². The van der Waals surface area contributed by atoms with Gasteiger partial charge in [0.15, 0.2) is 6.61 Å². The summed E-state index contributed by atoms with van der Waals surface area (Å²) in [7, 11) is 1.29. The number of ether oxygens (including phenoxy) is 2. The largest absolute Gasteiger partial charge is 0.482 e. The van der Waals surface area contributed by atoms with E-state index in [0.717, 1.165) is 5.56 Å². The number of para-hydroxylation sites is 1. The number of amides is 2.